The first-order valence-electron chi connectivity index (χ1n) is 10.0. The molecule has 4 rings (SSSR count). The zero-order chi connectivity index (χ0) is 21.6. The Morgan fingerprint density at radius 1 is 1.10 bits per heavy atom. The number of thioether (sulfide) groups is 1. The Morgan fingerprint density at radius 3 is 2.61 bits per heavy atom. The molecular weight excluding hydrogens is 426 g/mol. The van der Waals surface area contributed by atoms with Crippen LogP contribution in [-0.4, -0.2) is 26.1 Å². The second kappa shape index (κ2) is 9.89. The van der Waals surface area contributed by atoms with Crippen molar-refractivity contribution < 1.29 is 4.79 Å². The first kappa shape index (κ1) is 21.3. The highest BCUT2D eigenvalue weighted by atomic mass is 32.2. The quantitative estimate of drug-likeness (QED) is 0.358. The number of rotatable bonds is 8. The van der Waals surface area contributed by atoms with Gasteiger partial charge in [-0.3, -0.25) is 9.89 Å². The number of carbonyl (C=O) groups is 1. The molecule has 1 amide bonds. The van der Waals surface area contributed by atoms with Gasteiger partial charge in [0.05, 0.1) is 12.1 Å². The van der Waals surface area contributed by atoms with E-state index in [0.29, 0.717) is 10.9 Å². The maximum atomic E-state index is 12.3. The molecule has 2 N–H and O–H groups in total. The summed E-state index contributed by atoms with van der Waals surface area (Å²) in [5.74, 6) is 1.35. The van der Waals surface area contributed by atoms with E-state index in [9.17, 15) is 4.79 Å². The van der Waals surface area contributed by atoms with Gasteiger partial charge in [0.1, 0.15) is 5.01 Å². The second-order valence-corrected chi connectivity index (χ2v) is 9.01. The van der Waals surface area contributed by atoms with Crippen molar-refractivity contribution in [2.45, 2.75) is 37.6 Å². The van der Waals surface area contributed by atoms with Crippen molar-refractivity contribution in [3.05, 3.63) is 75.7 Å². The van der Waals surface area contributed by atoms with Crippen LogP contribution in [0.25, 0.3) is 11.4 Å². The van der Waals surface area contributed by atoms with Crippen molar-refractivity contribution in [1.29, 1.82) is 0 Å². The number of anilines is 1. The van der Waals surface area contributed by atoms with E-state index in [-0.39, 0.29) is 12.3 Å². The Morgan fingerprint density at radius 2 is 1.87 bits per heavy atom. The largest absolute Gasteiger partial charge is 0.326 e. The summed E-state index contributed by atoms with van der Waals surface area (Å²) in [6.45, 7) is 4.16. The molecule has 0 spiro atoms. The van der Waals surface area contributed by atoms with Gasteiger partial charge >= 0.3 is 0 Å². The van der Waals surface area contributed by atoms with Crippen molar-refractivity contribution >= 4 is 34.7 Å². The lowest BCUT2D eigenvalue weighted by atomic mass is 10.1. The number of aryl methyl sites for hydroxylation is 2. The minimum absolute atomic E-state index is 0.0647. The average molecular weight is 450 g/mol. The van der Waals surface area contributed by atoms with Gasteiger partial charge in [-0.1, -0.05) is 60.6 Å². The standard InChI is InChI=1S/C23H23N5OS2/c1-3-16-6-8-17(9-7-16)22-26-23(28-27-22)31-14-19-13-30-21(25-19)12-20(29)24-18-10-4-15(2)5-11-18/h4-11,13H,3,12,14H2,1-2H3,(H,24,29)(H,26,27,28). The summed E-state index contributed by atoms with van der Waals surface area (Å²) in [5, 5.41) is 13.7. The molecule has 0 bridgehead atoms. The minimum atomic E-state index is -0.0647. The molecule has 2 heterocycles. The smallest absolute Gasteiger partial charge is 0.231 e. The number of benzene rings is 2. The highest BCUT2D eigenvalue weighted by Gasteiger charge is 2.11. The third-order valence-electron chi connectivity index (χ3n) is 4.70. The van der Waals surface area contributed by atoms with Crippen LogP contribution >= 0.6 is 23.1 Å². The van der Waals surface area contributed by atoms with Gasteiger partial charge in [-0.15, -0.1) is 16.4 Å². The monoisotopic (exact) mass is 449 g/mol. The Hall–Kier alpha value is -2.97. The summed E-state index contributed by atoms with van der Waals surface area (Å²) in [5.41, 5.74) is 5.20. The summed E-state index contributed by atoms with van der Waals surface area (Å²) in [4.78, 5) is 21.4. The lowest BCUT2D eigenvalue weighted by molar-refractivity contribution is -0.115. The van der Waals surface area contributed by atoms with Gasteiger partial charge in [0.25, 0.3) is 0 Å². The van der Waals surface area contributed by atoms with Crippen LogP contribution in [0.15, 0.2) is 59.1 Å². The number of nitrogens with one attached hydrogen (secondary N) is 2. The van der Waals surface area contributed by atoms with Crippen LogP contribution < -0.4 is 5.32 Å². The third-order valence-corrected chi connectivity index (χ3v) is 6.47. The number of H-pyrrole nitrogens is 1. The molecule has 0 radical (unpaired) electrons. The Labute approximate surface area is 189 Å². The average Bonchev–Trinajstić information content (AvgIpc) is 3.43. The first-order chi connectivity index (χ1) is 15.1. The molecule has 8 heteroatoms. The first-order valence-corrected chi connectivity index (χ1v) is 11.9. The lowest BCUT2D eigenvalue weighted by Gasteiger charge is -2.04. The van der Waals surface area contributed by atoms with E-state index in [2.05, 4.69) is 56.7 Å². The van der Waals surface area contributed by atoms with Crippen molar-refractivity contribution in [2.24, 2.45) is 0 Å². The normalized spacial score (nSPS) is 10.9. The Bertz CT molecular complexity index is 1150. The number of carbonyl (C=O) groups excluding carboxylic acids is 1. The molecule has 2 aromatic carbocycles. The minimum Gasteiger partial charge on any atom is -0.326 e. The maximum Gasteiger partial charge on any atom is 0.231 e. The van der Waals surface area contributed by atoms with E-state index in [1.54, 1.807) is 0 Å². The number of aromatic nitrogens is 4. The molecule has 2 aromatic heterocycles. The number of nitrogens with zero attached hydrogens (tertiary/aromatic N) is 3. The van der Waals surface area contributed by atoms with Crippen molar-refractivity contribution in [1.82, 2.24) is 20.2 Å². The molecule has 0 aliphatic carbocycles. The lowest BCUT2D eigenvalue weighted by Crippen LogP contribution is -2.14. The predicted octanol–water partition coefficient (Wildman–Crippen LogP) is 5.27. The van der Waals surface area contributed by atoms with E-state index >= 15 is 0 Å². The topological polar surface area (TPSA) is 83.6 Å². The van der Waals surface area contributed by atoms with E-state index in [1.165, 1.54) is 28.7 Å². The van der Waals surface area contributed by atoms with E-state index < -0.39 is 0 Å². The van der Waals surface area contributed by atoms with Crippen molar-refractivity contribution in [3.63, 3.8) is 0 Å². The molecule has 0 aliphatic rings. The summed E-state index contributed by atoms with van der Waals surface area (Å²) in [6.07, 6.45) is 1.28. The van der Waals surface area contributed by atoms with Gasteiger partial charge in [0.15, 0.2) is 5.82 Å². The summed E-state index contributed by atoms with van der Waals surface area (Å²) >= 11 is 3.02. The molecule has 0 saturated carbocycles. The molecule has 0 fully saturated rings. The summed E-state index contributed by atoms with van der Waals surface area (Å²) in [6, 6.07) is 16.1. The van der Waals surface area contributed by atoms with Crippen LogP contribution in [0.2, 0.25) is 0 Å². The van der Waals surface area contributed by atoms with Crippen LogP contribution in [-0.2, 0) is 23.4 Å². The van der Waals surface area contributed by atoms with E-state index in [1.807, 2.05) is 36.6 Å². The Balaban J connectivity index is 1.29. The van der Waals surface area contributed by atoms with Gasteiger partial charge in [0, 0.05) is 22.4 Å². The van der Waals surface area contributed by atoms with Crippen LogP contribution in [0.5, 0.6) is 0 Å². The van der Waals surface area contributed by atoms with Gasteiger partial charge < -0.3 is 5.32 Å². The molecule has 0 saturated heterocycles. The SMILES string of the molecule is CCc1ccc(-c2nc(SCc3csc(CC(=O)Nc4ccc(C)cc4)n3)n[nH]2)cc1. The second-order valence-electron chi connectivity index (χ2n) is 7.13. The zero-order valence-electron chi connectivity index (χ0n) is 17.4. The van der Waals surface area contributed by atoms with Crippen LogP contribution in [0.3, 0.4) is 0 Å². The summed E-state index contributed by atoms with van der Waals surface area (Å²) in [7, 11) is 0. The van der Waals surface area contributed by atoms with Gasteiger partial charge in [-0.25, -0.2) is 9.97 Å². The third kappa shape index (κ3) is 5.80. The Kier molecular flexibility index (Phi) is 6.79. The predicted molar refractivity (Wildman–Crippen MR) is 126 cm³/mol. The highest BCUT2D eigenvalue weighted by Crippen LogP contribution is 2.24. The zero-order valence-corrected chi connectivity index (χ0v) is 19.0. The molecule has 158 valence electrons. The van der Waals surface area contributed by atoms with Gasteiger partial charge in [-0.05, 0) is 31.0 Å². The molecule has 0 atom stereocenters. The van der Waals surface area contributed by atoms with E-state index in [4.69, 9.17) is 0 Å². The van der Waals surface area contributed by atoms with Crippen molar-refractivity contribution in [3.8, 4) is 11.4 Å². The summed E-state index contributed by atoms with van der Waals surface area (Å²) < 4.78 is 0. The molecule has 0 aliphatic heterocycles. The van der Waals surface area contributed by atoms with Gasteiger partial charge in [-0.2, -0.15) is 0 Å². The van der Waals surface area contributed by atoms with Crippen LogP contribution in [0, 0.1) is 6.92 Å². The number of aromatic amines is 1. The fourth-order valence-corrected chi connectivity index (χ4v) is 4.54. The van der Waals surface area contributed by atoms with Crippen LogP contribution in [0.4, 0.5) is 5.69 Å². The molecule has 0 unspecified atom stereocenters. The van der Waals surface area contributed by atoms with Crippen LogP contribution in [0.1, 0.15) is 28.8 Å². The molecule has 6 nitrogen and oxygen atoms in total. The molecular formula is C23H23N5OS2. The molecule has 31 heavy (non-hydrogen) atoms. The highest BCUT2D eigenvalue weighted by molar-refractivity contribution is 7.98. The number of amides is 1. The van der Waals surface area contributed by atoms with E-state index in [0.717, 1.165) is 39.8 Å². The maximum absolute atomic E-state index is 12.3. The van der Waals surface area contributed by atoms with Crippen molar-refractivity contribution in [2.75, 3.05) is 5.32 Å². The fourth-order valence-electron chi connectivity index (χ4n) is 2.95. The number of thiazole rings is 1. The number of hydrogen-bond donors (Lipinski definition) is 2. The fraction of sp³-hybridized carbons (Fsp3) is 0.217. The molecule has 4 aromatic rings. The number of hydrogen-bond acceptors (Lipinski definition) is 6. The van der Waals surface area contributed by atoms with Gasteiger partial charge in [0.2, 0.25) is 11.1 Å².